The summed E-state index contributed by atoms with van der Waals surface area (Å²) in [7, 11) is 0. The van der Waals surface area contributed by atoms with Crippen LogP contribution in [0.3, 0.4) is 0 Å². The van der Waals surface area contributed by atoms with Crippen LogP contribution >= 0.6 is 0 Å². The number of hydrogen-bond acceptors (Lipinski definition) is 2. The molecule has 3 aromatic carbocycles. The third-order valence-electron chi connectivity index (χ3n) is 4.32. The molecule has 0 saturated heterocycles. The Kier molecular flexibility index (Phi) is 5.03. The van der Waals surface area contributed by atoms with E-state index in [1.54, 1.807) is 0 Å². The quantitative estimate of drug-likeness (QED) is 0.692. The van der Waals surface area contributed by atoms with E-state index in [2.05, 4.69) is 11.4 Å². The monoisotopic (exact) mass is 333 g/mol. The molecule has 3 nitrogen and oxygen atoms in total. The first kappa shape index (κ1) is 17.0. The summed E-state index contributed by atoms with van der Waals surface area (Å²) < 4.78 is 6.06. The number of carbonyl (C=O) groups excluding carboxylic acids is 1. The van der Waals surface area contributed by atoms with E-state index in [1.165, 1.54) is 5.56 Å². The first-order valence-corrected chi connectivity index (χ1v) is 8.61. The van der Waals surface area contributed by atoms with E-state index in [9.17, 15) is 4.79 Å². The van der Waals surface area contributed by atoms with Crippen molar-refractivity contribution in [2.24, 2.45) is 0 Å². The molecule has 0 aliphatic carbocycles. The second-order valence-electron chi connectivity index (χ2n) is 6.30. The highest BCUT2D eigenvalue weighted by molar-refractivity contribution is 5.95. The molecule has 3 rings (SSSR count). The van der Waals surface area contributed by atoms with Gasteiger partial charge in [-0.1, -0.05) is 61.0 Å². The number of carbonyl (C=O) groups is 1. The molecule has 0 fully saturated rings. The van der Waals surface area contributed by atoms with Crippen molar-refractivity contribution >= 4 is 22.4 Å². The summed E-state index contributed by atoms with van der Waals surface area (Å²) in [6.45, 7) is 5.99. The number of ether oxygens (including phenoxy) is 1. The third-order valence-corrected chi connectivity index (χ3v) is 4.32. The van der Waals surface area contributed by atoms with E-state index in [0.29, 0.717) is 6.42 Å². The standard InChI is InChI=1S/C22H23NO2/c1-4-20(22(24)23-19-13-12-15(2)14-16(19)3)25-21-11-7-9-17-8-5-6-10-18(17)21/h5-14,20H,4H2,1-3H3,(H,23,24). The van der Waals surface area contributed by atoms with Crippen molar-refractivity contribution in [3.05, 3.63) is 71.8 Å². The van der Waals surface area contributed by atoms with Crippen molar-refractivity contribution in [2.45, 2.75) is 33.3 Å². The highest BCUT2D eigenvalue weighted by Crippen LogP contribution is 2.27. The lowest BCUT2D eigenvalue weighted by molar-refractivity contribution is -0.122. The zero-order valence-electron chi connectivity index (χ0n) is 14.9. The number of nitrogens with one attached hydrogen (secondary N) is 1. The molecule has 1 N–H and O–H groups in total. The molecule has 0 bridgehead atoms. The molecule has 1 unspecified atom stereocenters. The molecule has 3 heteroatoms. The van der Waals surface area contributed by atoms with Crippen LogP contribution in [0.4, 0.5) is 5.69 Å². The average molecular weight is 333 g/mol. The molecule has 0 aliphatic rings. The van der Waals surface area contributed by atoms with Gasteiger partial charge in [-0.15, -0.1) is 0 Å². The van der Waals surface area contributed by atoms with Crippen LogP contribution in [0.15, 0.2) is 60.7 Å². The van der Waals surface area contributed by atoms with Crippen molar-refractivity contribution in [3.63, 3.8) is 0 Å². The van der Waals surface area contributed by atoms with Crippen molar-refractivity contribution in [3.8, 4) is 5.75 Å². The van der Waals surface area contributed by atoms with Gasteiger partial charge in [0, 0.05) is 11.1 Å². The summed E-state index contributed by atoms with van der Waals surface area (Å²) in [6.07, 6.45) is 0.0615. The molecule has 0 aliphatic heterocycles. The van der Waals surface area contributed by atoms with Gasteiger partial charge in [0.05, 0.1) is 0 Å². The van der Waals surface area contributed by atoms with E-state index >= 15 is 0 Å². The smallest absolute Gasteiger partial charge is 0.265 e. The molecular formula is C22H23NO2. The number of amides is 1. The van der Waals surface area contributed by atoms with Gasteiger partial charge >= 0.3 is 0 Å². The van der Waals surface area contributed by atoms with Crippen LogP contribution in [0, 0.1) is 13.8 Å². The summed E-state index contributed by atoms with van der Waals surface area (Å²) in [5.74, 6) is 0.614. The highest BCUT2D eigenvalue weighted by atomic mass is 16.5. The first-order chi connectivity index (χ1) is 12.1. The van der Waals surface area contributed by atoms with Crippen molar-refractivity contribution in [1.82, 2.24) is 0 Å². The number of benzene rings is 3. The lowest BCUT2D eigenvalue weighted by Crippen LogP contribution is -2.32. The van der Waals surface area contributed by atoms with E-state index in [-0.39, 0.29) is 5.91 Å². The average Bonchev–Trinajstić information content (AvgIpc) is 2.62. The Morgan fingerprint density at radius 2 is 1.80 bits per heavy atom. The number of rotatable bonds is 5. The maximum absolute atomic E-state index is 12.7. The van der Waals surface area contributed by atoms with Gasteiger partial charge in [0.25, 0.3) is 5.91 Å². The first-order valence-electron chi connectivity index (χ1n) is 8.61. The van der Waals surface area contributed by atoms with Crippen LogP contribution in [0.5, 0.6) is 5.75 Å². The number of anilines is 1. The summed E-state index contributed by atoms with van der Waals surface area (Å²) in [5, 5.41) is 5.11. The summed E-state index contributed by atoms with van der Waals surface area (Å²) in [5.41, 5.74) is 3.05. The van der Waals surface area contributed by atoms with Crippen LogP contribution in [0.2, 0.25) is 0 Å². The van der Waals surface area contributed by atoms with Gasteiger partial charge in [0.15, 0.2) is 6.10 Å². The second kappa shape index (κ2) is 7.39. The minimum absolute atomic E-state index is 0.123. The number of hydrogen-bond donors (Lipinski definition) is 1. The molecule has 3 aromatic rings. The van der Waals surface area contributed by atoms with E-state index < -0.39 is 6.10 Å². The molecule has 128 valence electrons. The zero-order chi connectivity index (χ0) is 17.8. The van der Waals surface area contributed by atoms with Crippen LogP contribution < -0.4 is 10.1 Å². The molecular weight excluding hydrogens is 310 g/mol. The molecule has 25 heavy (non-hydrogen) atoms. The maximum Gasteiger partial charge on any atom is 0.265 e. The SMILES string of the molecule is CCC(Oc1cccc2ccccc12)C(=O)Nc1ccc(C)cc1C. The Labute approximate surface area is 148 Å². The summed E-state index contributed by atoms with van der Waals surface area (Å²) in [4.78, 5) is 12.7. The van der Waals surface area contributed by atoms with Crippen LogP contribution in [0.25, 0.3) is 10.8 Å². The molecule has 0 radical (unpaired) electrons. The van der Waals surface area contributed by atoms with Crippen LogP contribution in [-0.2, 0) is 4.79 Å². The molecule has 0 spiro atoms. The van der Waals surface area contributed by atoms with E-state index in [0.717, 1.165) is 27.8 Å². The molecule has 0 aromatic heterocycles. The van der Waals surface area contributed by atoms with Gasteiger partial charge in [-0.3, -0.25) is 4.79 Å². The topological polar surface area (TPSA) is 38.3 Å². The van der Waals surface area contributed by atoms with Gasteiger partial charge < -0.3 is 10.1 Å². The Morgan fingerprint density at radius 1 is 1.04 bits per heavy atom. The van der Waals surface area contributed by atoms with Crippen molar-refractivity contribution in [2.75, 3.05) is 5.32 Å². The Bertz CT molecular complexity index is 896. The van der Waals surface area contributed by atoms with Gasteiger partial charge in [-0.05, 0) is 43.4 Å². The largest absolute Gasteiger partial charge is 0.480 e. The molecule has 1 atom stereocenters. The summed E-state index contributed by atoms with van der Waals surface area (Å²) >= 11 is 0. The second-order valence-corrected chi connectivity index (χ2v) is 6.30. The van der Waals surface area contributed by atoms with Crippen molar-refractivity contribution in [1.29, 1.82) is 0 Å². The maximum atomic E-state index is 12.7. The molecule has 0 saturated carbocycles. The van der Waals surface area contributed by atoms with Crippen LogP contribution in [-0.4, -0.2) is 12.0 Å². The van der Waals surface area contributed by atoms with E-state index in [4.69, 9.17) is 4.74 Å². The van der Waals surface area contributed by atoms with Gasteiger partial charge in [0.2, 0.25) is 0 Å². The van der Waals surface area contributed by atoms with Gasteiger partial charge in [-0.25, -0.2) is 0 Å². The van der Waals surface area contributed by atoms with Gasteiger partial charge in [-0.2, -0.15) is 0 Å². The molecule has 1 amide bonds. The minimum atomic E-state index is -0.536. The zero-order valence-corrected chi connectivity index (χ0v) is 14.9. The van der Waals surface area contributed by atoms with Crippen LogP contribution in [0.1, 0.15) is 24.5 Å². The fraction of sp³-hybridized carbons (Fsp3) is 0.227. The lowest BCUT2D eigenvalue weighted by Gasteiger charge is -2.19. The van der Waals surface area contributed by atoms with E-state index in [1.807, 2.05) is 75.4 Å². The highest BCUT2D eigenvalue weighted by Gasteiger charge is 2.20. The fourth-order valence-corrected chi connectivity index (χ4v) is 2.94. The lowest BCUT2D eigenvalue weighted by atomic mass is 10.1. The Balaban J connectivity index is 1.80. The van der Waals surface area contributed by atoms with Gasteiger partial charge in [0.1, 0.15) is 5.75 Å². The normalized spacial score (nSPS) is 12.0. The predicted octanol–water partition coefficient (Wildman–Crippen LogP) is 5.25. The molecule has 0 heterocycles. The Morgan fingerprint density at radius 3 is 2.56 bits per heavy atom. The minimum Gasteiger partial charge on any atom is -0.480 e. The predicted molar refractivity (Wildman–Crippen MR) is 103 cm³/mol. The number of aryl methyl sites for hydroxylation is 2. The fourth-order valence-electron chi connectivity index (χ4n) is 2.94. The van der Waals surface area contributed by atoms with Crippen molar-refractivity contribution < 1.29 is 9.53 Å². The Hall–Kier alpha value is -2.81. The third kappa shape index (κ3) is 3.82. The summed E-state index contributed by atoms with van der Waals surface area (Å²) in [6, 6.07) is 19.9. The number of fused-ring (bicyclic) bond motifs is 1.